The van der Waals surface area contributed by atoms with Gasteiger partial charge in [-0.2, -0.15) is 0 Å². The first-order valence-electron chi connectivity index (χ1n) is 6.68. The minimum absolute atomic E-state index is 0.0843. The lowest BCUT2D eigenvalue weighted by atomic mass is 10.2. The Labute approximate surface area is 148 Å². The van der Waals surface area contributed by atoms with Crippen molar-refractivity contribution in [2.75, 3.05) is 11.6 Å². The summed E-state index contributed by atoms with van der Waals surface area (Å²) in [6, 6.07) is 4.99. The van der Waals surface area contributed by atoms with Crippen LogP contribution in [0.3, 0.4) is 0 Å². The monoisotopic (exact) mass is 374 g/mol. The van der Waals surface area contributed by atoms with Gasteiger partial charge in [0.2, 0.25) is 5.16 Å². The smallest absolute Gasteiger partial charge is 0.316 e. The lowest BCUT2D eigenvalue weighted by Gasteiger charge is -2.19. The van der Waals surface area contributed by atoms with Crippen LogP contribution in [0, 0.1) is 0 Å². The fourth-order valence-corrected chi connectivity index (χ4v) is 2.85. The number of nitrogens with two attached hydrogens (primary N) is 1. The summed E-state index contributed by atoms with van der Waals surface area (Å²) in [5.74, 6) is 6.10. The van der Waals surface area contributed by atoms with E-state index in [0.29, 0.717) is 26.6 Å². The molecule has 1 heterocycles. The summed E-state index contributed by atoms with van der Waals surface area (Å²) in [5.41, 5.74) is 0.0749. The van der Waals surface area contributed by atoms with Crippen LogP contribution in [0.2, 0.25) is 10.0 Å². The van der Waals surface area contributed by atoms with Crippen molar-refractivity contribution in [1.82, 2.24) is 14.9 Å². The van der Waals surface area contributed by atoms with E-state index in [9.17, 15) is 4.79 Å². The Hall–Kier alpha value is -1.44. The third-order valence-electron chi connectivity index (χ3n) is 2.58. The van der Waals surface area contributed by atoms with Crippen LogP contribution in [0.5, 0.6) is 0 Å². The van der Waals surface area contributed by atoms with Gasteiger partial charge in [-0.25, -0.2) is 4.68 Å². The van der Waals surface area contributed by atoms with E-state index < -0.39 is 5.60 Å². The van der Waals surface area contributed by atoms with E-state index in [1.807, 2.05) is 20.8 Å². The van der Waals surface area contributed by atoms with Crippen molar-refractivity contribution in [3.8, 4) is 11.4 Å². The molecule has 9 heteroatoms. The second kappa shape index (κ2) is 6.98. The van der Waals surface area contributed by atoms with Crippen LogP contribution in [0.1, 0.15) is 20.8 Å². The van der Waals surface area contributed by atoms with Gasteiger partial charge in [0.1, 0.15) is 5.60 Å². The molecule has 1 aromatic heterocycles. The minimum Gasteiger partial charge on any atom is -0.459 e. The standard InChI is InChI=1S/C14H16Cl2N4O2S/c1-14(2,3)22-11(21)7-23-13-19-18-12(20(13)17)9-5-4-8(15)6-10(9)16/h4-6H,7,17H2,1-3H3. The number of aromatic nitrogens is 3. The van der Waals surface area contributed by atoms with E-state index in [-0.39, 0.29) is 11.7 Å². The van der Waals surface area contributed by atoms with Crippen LogP contribution >= 0.6 is 35.0 Å². The van der Waals surface area contributed by atoms with Crippen molar-refractivity contribution in [3.63, 3.8) is 0 Å². The SMILES string of the molecule is CC(C)(C)OC(=O)CSc1nnc(-c2ccc(Cl)cc2Cl)n1N. The maximum absolute atomic E-state index is 11.7. The third kappa shape index (κ3) is 4.76. The van der Waals surface area contributed by atoms with E-state index in [2.05, 4.69) is 10.2 Å². The number of ether oxygens (including phenoxy) is 1. The molecule has 6 nitrogen and oxygen atoms in total. The number of hydrogen-bond donors (Lipinski definition) is 1. The van der Waals surface area contributed by atoms with E-state index in [1.165, 1.54) is 4.68 Å². The summed E-state index contributed by atoms with van der Waals surface area (Å²) in [4.78, 5) is 11.7. The van der Waals surface area contributed by atoms with E-state index >= 15 is 0 Å². The summed E-state index contributed by atoms with van der Waals surface area (Å²) in [6.07, 6.45) is 0. The maximum Gasteiger partial charge on any atom is 0.316 e. The van der Waals surface area contributed by atoms with Crippen LogP contribution in [0.15, 0.2) is 23.4 Å². The summed E-state index contributed by atoms with van der Waals surface area (Å²) < 4.78 is 6.51. The molecule has 0 amide bonds. The summed E-state index contributed by atoms with van der Waals surface area (Å²) in [7, 11) is 0. The number of carbonyl (C=O) groups is 1. The number of rotatable bonds is 4. The first-order chi connectivity index (χ1) is 10.7. The second-order valence-electron chi connectivity index (χ2n) is 5.68. The predicted octanol–water partition coefficient (Wildman–Crippen LogP) is 3.40. The zero-order valence-corrected chi connectivity index (χ0v) is 15.2. The predicted molar refractivity (Wildman–Crippen MR) is 92.2 cm³/mol. The lowest BCUT2D eigenvalue weighted by Crippen LogP contribution is -2.25. The molecule has 0 saturated carbocycles. The Morgan fingerprint density at radius 3 is 2.65 bits per heavy atom. The van der Waals surface area contributed by atoms with Crippen molar-refractivity contribution in [2.45, 2.75) is 31.5 Å². The number of carbonyl (C=O) groups excluding carboxylic acids is 1. The van der Waals surface area contributed by atoms with E-state index in [1.54, 1.807) is 18.2 Å². The number of thioether (sulfide) groups is 1. The molecule has 2 rings (SSSR count). The van der Waals surface area contributed by atoms with Crippen LogP contribution in [-0.4, -0.2) is 32.2 Å². The normalized spacial score (nSPS) is 11.5. The van der Waals surface area contributed by atoms with Crippen molar-refractivity contribution >= 4 is 40.9 Å². The van der Waals surface area contributed by atoms with Gasteiger partial charge in [0.25, 0.3) is 0 Å². The van der Waals surface area contributed by atoms with Gasteiger partial charge in [-0.3, -0.25) is 4.79 Å². The zero-order chi connectivity index (χ0) is 17.2. The molecule has 23 heavy (non-hydrogen) atoms. The third-order valence-corrected chi connectivity index (χ3v) is 4.04. The molecule has 1 aromatic carbocycles. The highest BCUT2D eigenvalue weighted by molar-refractivity contribution is 7.99. The number of esters is 1. The molecule has 0 aliphatic rings. The minimum atomic E-state index is -0.532. The number of nitrogens with zero attached hydrogens (tertiary/aromatic N) is 3. The second-order valence-corrected chi connectivity index (χ2v) is 7.46. The van der Waals surface area contributed by atoms with Gasteiger partial charge < -0.3 is 10.6 Å². The first-order valence-corrected chi connectivity index (χ1v) is 8.42. The van der Waals surface area contributed by atoms with Gasteiger partial charge in [0.05, 0.1) is 10.8 Å². The maximum atomic E-state index is 11.7. The molecule has 2 aromatic rings. The van der Waals surface area contributed by atoms with Crippen LogP contribution in [0.4, 0.5) is 0 Å². The molecule has 2 N–H and O–H groups in total. The molecule has 0 aliphatic heterocycles. The zero-order valence-electron chi connectivity index (χ0n) is 12.8. The average Bonchev–Trinajstić information content (AvgIpc) is 2.76. The molecule has 0 bridgehead atoms. The molecule has 0 saturated heterocycles. The van der Waals surface area contributed by atoms with E-state index in [4.69, 9.17) is 33.8 Å². The Bertz CT molecular complexity index is 728. The van der Waals surface area contributed by atoms with Gasteiger partial charge in [-0.1, -0.05) is 35.0 Å². The van der Waals surface area contributed by atoms with Crippen molar-refractivity contribution in [2.24, 2.45) is 0 Å². The van der Waals surface area contributed by atoms with Gasteiger partial charge in [0, 0.05) is 10.6 Å². The van der Waals surface area contributed by atoms with Crippen LogP contribution in [0.25, 0.3) is 11.4 Å². The van der Waals surface area contributed by atoms with Gasteiger partial charge in [-0.05, 0) is 39.0 Å². The number of halogens is 2. The molecule has 0 atom stereocenters. The Kier molecular flexibility index (Phi) is 5.44. The molecule has 0 spiro atoms. The highest BCUT2D eigenvalue weighted by atomic mass is 35.5. The largest absolute Gasteiger partial charge is 0.459 e. The van der Waals surface area contributed by atoms with Crippen LogP contribution in [-0.2, 0) is 9.53 Å². The lowest BCUT2D eigenvalue weighted by molar-refractivity contribution is -0.151. The topological polar surface area (TPSA) is 83.0 Å². The Balaban J connectivity index is 2.12. The quantitative estimate of drug-likeness (QED) is 0.501. The summed E-state index contributed by atoms with van der Waals surface area (Å²) in [5, 5.41) is 9.31. The number of hydrogen-bond acceptors (Lipinski definition) is 6. The Morgan fingerprint density at radius 1 is 1.35 bits per heavy atom. The average molecular weight is 375 g/mol. The summed E-state index contributed by atoms with van der Waals surface area (Å²) in [6.45, 7) is 5.42. The summed E-state index contributed by atoms with van der Waals surface area (Å²) >= 11 is 13.2. The highest BCUT2D eigenvalue weighted by Gasteiger charge is 2.19. The highest BCUT2D eigenvalue weighted by Crippen LogP contribution is 2.30. The van der Waals surface area contributed by atoms with Crippen molar-refractivity contribution < 1.29 is 9.53 Å². The Morgan fingerprint density at radius 2 is 2.04 bits per heavy atom. The number of benzene rings is 1. The fourth-order valence-electron chi connectivity index (χ4n) is 1.72. The van der Waals surface area contributed by atoms with Crippen molar-refractivity contribution in [3.05, 3.63) is 28.2 Å². The first kappa shape index (κ1) is 17.9. The number of nitrogen functional groups attached to an aromatic ring is 1. The van der Waals surface area contributed by atoms with Crippen LogP contribution < -0.4 is 5.84 Å². The molecule has 0 radical (unpaired) electrons. The molecule has 0 aliphatic carbocycles. The molecule has 0 fully saturated rings. The molecule has 0 unspecified atom stereocenters. The van der Waals surface area contributed by atoms with Gasteiger partial charge in [0.15, 0.2) is 5.82 Å². The van der Waals surface area contributed by atoms with Gasteiger partial charge >= 0.3 is 5.97 Å². The van der Waals surface area contributed by atoms with E-state index in [0.717, 1.165) is 11.8 Å². The molecule has 124 valence electrons. The molecular formula is C14H16Cl2N4O2S. The van der Waals surface area contributed by atoms with Crippen molar-refractivity contribution in [1.29, 1.82) is 0 Å². The fraction of sp³-hybridized carbons (Fsp3) is 0.357. The molecular weight excluding hydrogens is 359 g/mol. The van der Waals surface area contributed by atoms with Gasteiger partial charge in [-0.15, -0.1) is 10.2 Å².